The molecular weight excluding hydrogens is 308 g/mol. The molecule has 0 aliphatic heterocycles. The molecule has 0 saturated carbocycles. The Bertz CT molecular complexity index is 1020. The number of ether oxygens (including phenoxy) is 2. The normalized spacial score (nSPS) is 13.1. The lowest BCUT2D eigenvalue weighted by Gasteiger charge is -2.10. The Labute approximate surface area is 137 Å². The maximum Gasteiger partial charge on any atom is 0.339 e. The highest BCUT2D eigenvalue weighted by atomic mass is 16.5. The molecular formula is C19H14O5. The molecule has 0 unspecified atom stereocenters. The second-order valence-electron chi connectivity index (χ2n) is 5.64. The van der Waals surface area contributed by atoms with Gasteiger partial charge in [0.05, 0.1) is 18.6 Å². The number of carbonyl (C=O) groups excluding carboxylic acids is 1. The quantitative estimate of drug-likeness (QED) is 0.688. The molecule has 1 heterocycles. The Kier molecular flexibility index (Phi) is 3.34. The Morgan fingerprint density at radius 1 is 0.958 bits per heavy atom. The molecule has 0 N–H and O–H groups in total. The van der Waals surface area contributed by atoms with Crippen LogP contribution in [0.2, 0.25) is 0 Å². The Morgan fingerprint density at radius 3 is 2.62 bits per heavy atom. The first-order valence-electron chi connectivity index (χ1n) is 7.60. The molecule has 120 valence electrons. The number of aryl methyl sites for hydroxylation is 1. The number of carbonyl (C=O) groups is 1. The number of hydrogen-bond donors (Lipinski definition) is 0. The minimum atomic E-state index is -0.498. The maximum absolute atomic E-state index is 11.8. The zero-order valence-electron chi connectivity index (χ0n) is 13.0. The van der Waals surface area contributed by atoms with Gasteiger partial charge < -0.3 is 13.9 Å². The van der Waals surface area contributed by atoms with Crippen molar-refractivity contribution >= 4 is 16.8 Å². The smallest absolute Gasteiger partial charge is 0.339 e. The Hall–Kier alpha value is -3.08. The molecule has 0 spiro atoms. The van der Waals surface area contributed by atoms with Gasteiger partial charge in [0.1, 0.15) is 22.8 Å². The molecule has 4 rings (SSSR count). The van der Waals surface area contributed by atoms with Gasteiger partial charge in [-0.1, -0.05) is 0 Å². The van der Waals surface area contributed by atoms with E-state index in [-0.39, 0.29) is 5.78 Å². The van der Waals surface area contributed by atoms with E-state index in [0.29, 0.717) is 34.6 Å². The monoisotopic (exact) mass is 322 g/mol. The average molecular weight is 322 g/mol. The number of methoxy groups -OCH3 is 1. The van der Waals surface area contributed by atoms with E-state index in [1.165, 1.54) is 6.07 Å². The highest BCUT2D eigenvalue weighted by molar-refractivity contribution is 6.00. The van der Waals surface area contributed by atoms with Crippen LogP contribution in [-0.2, 0) is 6.42 Å². The van der Waals surface area contributed by atoms with E-state index in [1.54, 1.807) is 37.4 Å². The van der Waals surface area contributed by atoms with Crippen LogP contribution in [0.4, 0.5) is 0 Å². The molecule has 0 bridgehead atoms. The predicted octanol–water partition coefficient (Wildman–Crippen LogP) is 3.72. The molecule has 1 aliphatic rings. The van der Waals surface area contributed by atoms with Crippen LogP contribution in [0.5, 0.6) is 17.2 Å². The largest absolute Gasteiger partial charge is 0.497 e. The summed E-state index contributed by atoms with van der Waals surface area (Å²) in [5.74, 6) is 1.76. The molecule has 24 heavy (non-hydrogen) atoms. The van der Waals surface area contributed by atoms with Crippen LogP contribution in [-0.4, -0.2) is 12.9 Å². The number of ketones is 1. The molecule has 3 aromatic rings. The summed E-state index contributed by atoms with van der Waals surface area (Å²) < 4.78 is 16.3. The summed E-state index contributed by atoms with van der Waals surface area (Å²) in [4.78, 5) is 23.5. The molecule has 5 nitrogen and oxygen atoms in total. The van der Waals surface area contributed by atoms with Gasteiger partial charge in [0.25, 0.3) is 0 Å². The predicted molar refractivity (Wildman–Crippen MR) is 88.2 cm³/mol. The summed E-state index contributed by atoms with van der Waals surface area (Å²) in [6, 6.07) is 11.9. The lowest BCUT2D eigenvalue weighted by molar-refractivity contribution is 0.0994. The van der Waals surface area contributed by atoms with Crippen LogP contribution < -0.4 is 15.1 Å². The average Bonchev–Trinajstić information content (AvgIpc) is 2.94. The Balaban J connectivity index is 1.77. The zero-order chi connectivity index (χ0) is 16.7. The molecule has 0 radical (unpaired) electrons. The first-order valence-corrected chi connectivity index (χ1v) is 7.60. The van der Waals surface area contributed by atoms with Crippen LogP contribution in [0.15, 0.2) is 51.7 Å². The van der Waals surface area contributed by atoms with E-state index in [1.807, 2.05) is 6.07 Å². The number of rotatable bonds is 3. The highest BCUT2D eigenvalue weighted by Gasteiger charge is 2.20. The first kappa shape index (κ1) is 14.5. The van der Waals surface area contributed by atoms with Crippen LogP contribution in [0.25, 0.3) is 11.0 Å². The molecule has 0 fully saturated rings. The van der Waals surface area contributed by atoms with E-state index in [0.717, 1.165) is 17.5 Å². The van der Waals surface area contributed by atoms with Crippen molar-refractivity contribution in [2.24, 2.45) is 0 Å². The number of hydrogen-bond acceptors (Lipinski definition) is 5. The third-order valence-corrected chi connectivity index (χ3v) is 4.14. The summed E-state index contributed by atoms with van der Waals surface area (Å²) in [5.41, 5.74) is 1.63. The van der Waals surface area contributed by atoms with E-state index < -0.39 is 5.63 Å². The van der Waals surface area contributed by atoms with E-state index in [4.69, 9.17) is 13.9 Å². The summed E-state index contributed by atoms with van der Waals surface area (Å²) in [5, 5.41) is 0.673. The fourth-order valence-electron chi connectivity index (χ4n) is 2.95. The second kappa shape index (κ2) is 5.53. The van der Waals surface area contributed by atoms with Crippen LogP contribution in [0, 0.1) is 0 Å². The van der Waals surface area contributed by atoms with Crippen molar-refractivity contribution in [2.75, 3.05) is 7.11 Å². The third kappa shape index (κ3) is 2.44. The van der Waals surface area contributed by atoms with E-state index >= 15 is 0 Å². The summed E-state index contributed by atoms with van der Waals surface area (Å²) in [6.07, 6.45) is 1.26. The van der Waals surface area contributed by atoms with E-state index in [2.05, 4.69) is 0 Å². The SMILES string of the molecule is COc1ccc2c(Oc3ccc4c(c3)CCC4=O)cc(=O)oc2c1. The summed E-state index contributed by atoms with van der Waals surface area (Å²) in [6.45, 7) is 0. The molecule has 0 amide bonds. The van der Waals surface area contributed by atoms with Gasteiger partial charge >= 0.3 is 5.63 Å². The minimum absolute atomic E-state index is 0.162. The Morgan fingerprint density at radius 2 is 1.79 bits per heavy atom. The van der Waals surface area contributed by atoms with Gasteiger partial charge in [-0.25, -0.2) is 4.79 Å². The van der Waals surface area contributed by atoms with Gasteiger partial charge in [-0.2, -0.15) is 0 Å². The van der Waals surface area contributed by atoms with Crippen molar-refractivity contribution in [1.29, 1.82) is 0 Å². The lowest BCUT2D eigenvalue weighted by Crippen LogP contribution is -1.99. The van der Waals surface area contributed by atoms with Gasteiger partial charge in [0, 0.05) is 18.1 Å². The highest BCUT2D eigenvalue weighted by Crippen LogP contribution is 2.33. The lowest BCUT2D eigenvalue weighted by atomic mass is 10.1. The number of Topliss-reactive ketones (excluding diaryl/α,β-unsaturated/α-hetero) is 1. The second-order valence-corrected chi connectivity index (χ2v) is 5.64. The fraction of sp³-hybridized carbons (Fsp3) is 0.158. The molecule has 2 aromatic carbocycles. The van der Waals surface area contributed by atoms with Crippen molar-refractivity contribution in [3.63, 3.8) is 0 Å². The topological polar surface area (TPSA) is 65.7 Å². The summed E-state index contributed by atoms with van der Waals surface area (Å²) >= 11 is 0. The van der Waals surface area contributed by atoms with Crippen molar-refractivity contribution in [2.45, 2.75) is 12.8 Å². The van der Waals surface area contributed by atoms with Gasteiger partial charge in [-0.15, -0.1) is 0 Å². The van der Waals surface area contributed by atoms with E-state index in [9.17, 15) is 9.59 Å². The molecule has 5 heteroatoms. The molecule has 0 atom stereocenters. The van der Waals surface area contributed by atoms with Gasteiger partial charge in [-0.05, 0) is 42.3 Å². The maximum atomic E-state index is 11.8. The van der Waals surface area contributed by atoms with Crippen LogP contribution in [0.1, 0.15) is 22.3 Å². The van der Waals surface area contributed by atoms with Crippen LogP contribution >= 0.6 is 0 Å². The third-order valence-electron chi connectivity index (χ3n) is 4.14. The van der Waals surface area contributed by atoms with Gasteiger partial charge in [0.2, 0.25) is 0 Å². The number of benzene rings is 2. The molecule has 0 saturated heterocycles. The standard InChI is InChI=1S/C19H14O5/c1-22-12-3-6-15-17(9-12)24-19(21)10-18(15)23-13-4-5-14-11(8-13)2-7-16(14)20/h3-6,8-10H,2,7H2,1H3. The minimum Gasteiger partial charge on any atom is -0.497 e. The van der Waals surface area contributed by atoms with Crippen LogP contribution in [0.3, 0.4) is 0 Å². The molecule has 1 aliphatic carbocycles. The number of fused-ring (bicyclic) bond motifs is 2. The van der Waals surface area contributed by atoms with Crippen molar-refractivity contribution in [3.8, 4) is 17.2 Å². The van der Waals surface area contributed by atoms with Gasteiger partial charge in [-0.3, -0.25) is 4.79 Å². The summed E-state index contributed by atoms with van der Waals surface area (Å²) in [7, 11) is 1.55. The molecule has 1 aromatic heterocycles. The first-order chi connectivity index (χ1) is 11.6. The zero-order valence-corrected chi connectivity index (χ0v) is 13.0. The van der Waals surface area contributed by atoms with Crippen molar-refractivity contribution in [3.05, 3.63) is 64.0 Å². The van der Waals surface area contributed by atoms with Gasteiger partial charge in [0.15, 0.2) is 5.78 Å². The van der Waals surface area contributed by atoms with Crippen molar-refractivity contribution in [1.82, 2.24) is 0 Å². The van der Waals surface area contributed by atoms with Crippen molar-refractivity contribution < 1.29 is 18.7 Å². The fourth-order valence-corrected chi connectivity index (χ4v) is 2.95.